The number of rotatable bonds is 4. The molecule has 0 aromatic heterocycles. The first-order valence-electron chi connectivity index (χ1n) is 17.8. The molecule has 0 spiro atoms. The first-order valence-corrected chi connectivity index (χ1v) is 20.8. The average molecular weight is 630 g/mol. The van der Waals surface area contributed by atoms with E-state index in [0.717, 1.165) is 0 Å². The largest absolute Gasteiger partial charge is 0.314 e. The van der Waals surface area contributed by atoms with E-state index in [2.05, 4.69) is 179 Å². The Labute approximate surface area is 282 Å². The average Bonchev–Trinajstić information content (AvgIpc) is 3.43. The van der Waals surface area contributed by atoms with Gasteiger partial charge in [-0.15, -0.1) is 0 Å². The first-order chi connectivity index (χ1) is 21.2. The van der Waals surface area contributed by atoms with Crippen molar-refractivity contribution in [3.8, 4) is 11.1 Å². The number of nitrogens with zero attached hydrogens (tertiary/aromatic N) is 1. The molecule has 3 aliphatic rings. The monoisotopic (exact) mass is 629 g/mol. The summed E-state index contributed by atoms with van der Waals surface area (Å²) in [4.78, 5) is 0. The van der Waals surface area contributed by atoms with Crippen LogP contribution in [0.4, 0.5) is 0 Å². The summed E-state index contributed by atoms with van der Waals surface area (Å²) in [6.45, 7) is 31.8. The van der Waals surface area contributed by atoms with Gasteiger partial charge in [-0.2, -0.15) is 0 Å². The molecule has 3 aromatic rings. The van der Waals surface area contributed by atoms with Crippen LogP contribution in [0.1, 0.15) is 111 Å². The van der Waals surface area contributed by atoms with Crippen molar-refractivity contribution in [3.63, 3.8) is 0 Å². The zero-order valence-electron chi connectivity index (χ0n) is 31.0. The zero-order chi connectivity index (χ0) is 33.6. The molecule has 0 amide bonds. The summed E-state index contributed by atoms with van der Waals surface area (Å²) in [6, 6.07) is 28.0. The predicted octanol–water partition coefficient (Wildman–Crippen LogP) is 12.2. The van der Waals surface area contributed by atoms with Crippen LogP contribution in [0.5, 0.6) is 0 Å². The van der Waals surface area contributed by atoms with E-state index in [1.807, 2.05) is 0 Å². The Hall–Kier alpha value is -2.68. The molecule has 4 unspecified atom stereocenters. The van der Waals surface area contributed by atoms with Crippen molar-refractivity contribution in [1.82, 2.24) is 4.57 Å². The van der Waals surface area contributed by atoms with E-state index in [1.54, 1.807) is 5.57 Å². The third-order valence-corrected chi connectivity index (χ3v) is 16.6. The lowest BCUT2D eigenvalue weighted by Gasteiger charge is -2.57. The van der Waals surface area contributed by atoms with E-state index < -0.39 is 8.24 Å². The molecule has 0 heterocycles. The van der Waals surface area contributed by atoms with Gasteiger partial charge in [0.25, 0.3) is 0 Å². The van der Waals surface area contributed by atoms with E-state index in [9.17, 15) is 0 Å². The maximum absolute atomic E-state index is 2.96. The van der Waals surface area contributed by atoms with Crippen LogP contribution in [0.25, 0.3) is 16.7 Å². The maximum Gasteiger partial charge on any atom is 0.127 e. The van der Waals surface area contributed by atoms with Crippen molar-refractivity contribution >= 4 is 13.8 Å². The quantitative estimate of drug-likeness (QED) is 0.260. The van der Waals surface area contributed by atoms with Gasteiger partial charge in [0, 0.05) is 16.5 Å². The summed E-state index contributed by atoms with van der Waals surface area (Å²) in [5.41, 5.74) is 12.6. The fraction of sp³-hybridized carbons (Fsp3) is 0.500. The highest BCUT2D eigenvalue weighted by Gasteiger charge is 2.56. The fourth-order valence-corrected chi connectivity index (χ4v) is 16.3. The maximum atomic E-state index is 2.96. The Bertz CT molecular complexity index is 1650. The molecular weight excluding hydrogens is 571 g/mol. The van der Waals surface area contributed by atoms with Gasteiger partial charge in [-0.1, -0.05) is 127 Å². The highest BCUT2D eigenvalue weighted by molar-refractivity contribution is 6.76. The van der Waals surface area contributed by atoms with Gasteiger partial charge in [0.2, 0.25) is 0 Å². The summed E-state index contributed by atoms with van der Waals surface area (Å²) in [7, 11) is -1.94. The second kappa shape index (κ2) is 10.9. The van der Waals surface area contributed by atoms with Crippen LogP contribution in [-0.4, -0.2) is 23.9 Å². The van der Waals surface area contributed by atoms with E-state index in [0.29, 0.717) is 23.3 Å². The predicted molar refractivity (Wildman–Crippen MR) is 203 cm³/mol. The summed E-state index contributed by atoms with van der Waals surface area (Å²) in [6.07, 6.45) is 6.81. The van der Waals surface area contributed by atoms with Crippen LogP contribution in [0, 0.1) is 11.8 Å². The van der Waals surface area contributed by atoms with Gasteiger partial charge in [-0.25, -0.2) is 0 Å². The van der Waals surface area contributed by atoms with E-state index in [4.69, 9.17) is 0 Å². The summed E-state index contributed by atoms with van der Waals surface area (Å²) in [5.74, 6) is 1.62. The van der Waals surface area contributed by atoms with Crippen molar-refractivity contribution in [3.05, 3.63) is 113 Å². The Kier molecular flexibility index (Phi) is 7.89. The standard InChI is InChI=1S/C44H59NSi/c1-41(2,3)32-22-19-29(20-23-32)31-21-24-33-36-26-37-35(27-39(36)44(10,11)38(33)25-31)34(30-17-15-14-16-18-30)28-40(37)46(12,13)45(42(4,5)6)43(7,8)9/h14-27,34-35,37,40H,28H2,1-13H3. The Morgan fingerprint density at radius 2 is 1.28 bits per heavy atom. The molecule has 3 aromatic carbocycles. The molecule has 2 heteroatoms. The number of allylic oxidation sites excluding steroid dienone is 4. The van der Waals surface area contributed by atoms with Gasteiger partial charge >= 0.3 is 0 Å². The molecule has 6 rings (SSSR count). The summed E-state index contributed by atoms with van der Waals surface area (Å²) in [5, 5.41) is 0. The topological polar surface area (TPSA) is 3.24 Å². The minimum atomic E-state index is -1.94. The molecule has 46 heavy (non-hydrogen) atoms. The SMILES string of the molecule is CC(C)(C)c1ccc(-c2ccc3c(c2)C(C)(C)C2=CC4C(c5ccccc5)CC([Si](C)(C)N(C(C)(C)C)C(C)(C)C)C4C=C23)cc1. The normalized spacial score (nSPS) is 24.3. The van der Waals surface area contributed by atoms with Crippen molar-refractivity contribution < 1.29 is 0 Å². The Morgan fingerprint density at radius 1 is 0.696 bits per heavy atom. The molecule has 3 aliphatic carbocycles. The van der Waals surface area contributed by atoms with Crippen LogP contribution >= 0.6 is 0 Å². The van der Waals surface area contributed by atoms with Gasteiger partial charge in [0.15, 0.2) is 0 Å². The van der Waals surface area contributed by atoms with Gasteiger partial charge in [0.05, 0.1) is 0 Å². The molecule has 1 nitrogen and oxygen atoms in total. The molecule has 244 valence electrons. The van der Waals surface area contributed by atoms with Crippen LogP contribution in [0.15, 0.2) is 90.5 Å². The molecule has 4 atom stereocenters. The van der Waals surface area contributed by atoms with Gasteiger partial charge in [-0.05, 0) is 127 Å². The van der Waals surface area contributed by atoms with Crippen LogP contribution < -0.4 is 0 Å². The molecule has 0 radical (unpaired) electrons. The lowest BCUT2D eigenvalue weighted by atomic mass is 9.73. The minimum absolute atomic E-state index is 0.0252. The lowest BCUT2D eigenvalue weighted by Crippen LogP contribution is -2.67. The molecule has 0 aliphatic heterocycles. The molecule has 0 bridgehead atoms. The number of hydrogen-bond acceptors (Lipinski definition) is 1. The van der Waals surface area contributed by atoms with Crippen LogP contribution in [0.3, 0.4) is 0 Å². The van der Waals surface area contributed by atoms with E-state index in [1.165, 1.54) is 45.4 Å². The summed E-state index contributed by atoms with van der Waals surface area (Å²) < 4.78 is 2.96. The highest BCUT2D eigenvalue weighted by atomic mass is 28.3. The second-order valence-corrected chi connectivity index (χ2v) is 23.2. The van der Waals surface area contributed by atoms with Gasteiger partial charge in [0.1, 0.15) is 8.24 Å². The minimum Gasteiger partial charge on any atom is -0.314 e. The number of fused-ring (bicyclic) bond motifs is 4. The van der Waals surface area contributed by atoms with E-state index >= 15 is 0 Å². The molecule has 0 saturated heterocycles. The van der Waals surface area contributed by atoms with Crippen molar-refractivity contribution in [1.29, 1.82) is 0 Å². The second-order valence-electron chi connectivity index (χ2n) is 18.7. The van der Waals surface area contributed by atoms with Crippen molar-refractivity contribution in [2.24, 2.45) is 11.8 Å². The third kappa shape index (κ3) is 5.52. The Morgan fingerprint density at radius 3 is 1.85 bits per heavy atom. The number of benzene rings is 3. The molecule has 1 fully saturated rings. The Balaban J connectivity index is 1.46. The molecule has 0 N–H and O–H groups in total. The van der Waals surface area contributed by atoms with Gasteiger partial charge < -0.3 is 4.57 Å². The fourth-order valence-electron chi connectivity index (χ4n) is 10.4. The molecule has 1 saturated carbocycles. The lowest BCUT2D eigenvalue weighted by molar-refractivity contribution is 0.122. The van der Waals surface area contributed by atoms with Crippen molar-refractivity contribution in [2.75, 3.05) is 0 Å². The van der Waals surface area contributed by atoms with E-state index in [-0.39, 0.29) is 21.9 Å². The summed E-state index contributed by atoms with van der Waals surface area (Å²) >= 11 is 0. The smallest absolute Gasteiger partial charge is 0.127 e. The first kappa shape index (κ1) is 33.2. The van der Waals surface area contributed by atoms with Crippen molar-refractivity contribution in [2.45, 2.75) is 129 Å². The van der Waals surface area contributed by atoms with Crippen LogP contribution in [0.2, 0.25) is 18.6 Å². The zero-order valence-corrected chi connectivity index (χ0v) is 32.0. The molecular formula is C44H59NSi. The number of hydrogen-bond donors (Lipinski definition) is 0. The van der Waals surface area contributed by atoms with Crippen LogP contribution in [-0.2, 0) is 10.8 Å². The third-order valence-electron chi connectivity index (χ3n) is 11.7. The van der Waals surface area contributed by atoms with Gasteiger partial charge in [-0.3, -0.25) is 0 Å². The highest BCUT2D eigenvalue weighted by Crippen LogP contribution is 2.63.